The second-order valence-electron chi connectivity index (χ2n) is 4.30. The fraction of sp³-hybridized carbons (Fsp3) is 0.188. The molecule has 0 amide bonds. The topological polar surface area (TPSA) is 45.0 Å². The van der Waals surface area contributed by atoms with Gasteiger partial charge in [0, 0.05) is 19.3 Å². The molecule has 0 aliphatic rings. The maximum absolute atomic E-state index is 8.84. The molecule has 2 aromatic carbocycles. The molecule has 0 saturated carbocycles. The van der Waals surface area contributed by atoms with Crippen molar-refractivity contribution in [1.29, 1.82) is 5.26 Å². The molecule has 0 fully saturated rings. The van der Waals surface area contributed by atoms with Crippen molar-refractivity contribution >= 4 is 5.69 Å². The highest BCUT2D eigenvalue weighted by Crippen LogP contribution is 2.12. The SMILES string of the molecule is COCc1ccc(CNc2cccc(C#N)c2)cc1. The zero-order valence-corrected chi connectivity index (χ0v) is 10.9. The van der Waals surface area contributed by atoms with Crippen LogP contribution in [0.15, 0.2) is 48.5 Å². The fourth-order valence-corrected chi connectivity index (χ4v) is 1.82. The number of methoxy groups -OCH3 is 1. The van der Waals surface area contributed by atoms with Crippen LogP contribution in [0, 0.1) is 11.3 Å². The van der Waals surface area contributed by atoms with Gasteiger partial charge in [-0.25, -0.2) is 0 Å². The van der Waals surface area contributed by atoms with Crippen LogP contribution in [0.25, 0.3) is 0 Å². The minimum absolute atomic E-state index is 0.637. The summed E-state index contributed by atoms with van der Waals surface area (Å²) in [5.41, 5.74) is 3.99. The molecule has 0 aromatic heterocycles. The summed E-state index contributed by atoms with van der Waals surface area (Å²) in [6.07, 6.45) is 0. The Bertz CT molecular complexity index is 570. The molecule has 0 saturated heterocycles. The summed E-state index contributed by atoms with van der Waals surface area (Å²) >= 11 is 0. The Kier molecular flexibility index (Phi) is 4.54. The van der Waals surface area contributed by atoms with Gasteiger partial charge in [0.2, 0.25) is 0 Å². The molecule has 0 aliphatic carbocycles. The molecule has 0 atom stereocenters. The highest BCUT2D eigenvalue weighted by Gasteiger charge is 1.97. The van der Waals surface area contributed by atoms with E-state index < -0.39 is 0 Å². The highest BCUT2D eigenvalue weighted by molar-refractivity contribution is 5.49. The van der Waals surface area contributed by atoms with Gasteiger partial charge < -0.3 is 10.1 Å². The zero-order valence-electron chi connectivity index (χ0n) is 10.9. The van der Waals surface area contributed by atoms with Gasteiger partial charge in [-0.05, 0) is 29.3 Å². The minimum atomic E-state index is 0.637. The van der Waals surface area contributed by atoms with Gasteiger partial charge >= 0.3 is 0 Å². The molecule has 2 aromatic rings. The molecule has 1 N–H and O–H groups in total. The Morgan fingerprint density at radius 1 is 1.11 bits per heavy atom. The molecule has 96 valence electrons. The number of hydrogen-bond donors (Lipinski definition) is 1. The average Bonchev–Trinajstić information content (AvgIpc) is 2.47. The van der Waals surface area contributed by atoms with E-state index in [0.717, 1.165) is 17.8 Å². The van der Waals surface area contributed by atoms with Crippen LogP contribution in [-0.4, -0.2) is 7.11 Å². The first-order valence-corrected chi connectivity index (χ1v) is 6.12. The third kappa shape index (κ3) is 3.84. The van der Waals surface area contributed by atoms with Crippen LogP contribution in [0.1, 0.15) is 16.7 Å². The molecule has 3 heteroatoms. The highest BCUT2D eigenvalue weighted by atomic mass is 16.5. The van der Waals surface area contributed by atoms with Crippen molar-refractivity contribution in [3.8, 4) is 6.07 Å². The molecule has 3 nitrogen and oxygen atoms in total. The van der Waals surface area contributed by atoms with E-state index in [0.29, 0.717) is 12.2 Å². The van der Waals surface area contributed by atoms with Gasteiger partial charge in [0.1, 0.15) is 0 Å². The van der Waals surface area contributed by atoms with Gasteiger partial charge in [-0.3, -0.25) is 0 Å². The summed E-state index contributed by atoms with van der Waals surface area (Å²) in [6, 6.07) is 17.9. The van der Waals surface area contributed by atoms with Crippen LogP contribution in [0.3, 0.4) is 0 Å². The van der Waals surface area contributed by atoms with E-state index in [4.69, 9.17) is 10.00 Å². The summed E-state index contributed by atoms with van der Waals surface area (Å²) in [4.78, 5) is 0. The standard InChI is InChI=1S/C16H16N2O/c1-19-12-14-7-5-13(6-8-14)11-18-16-4-2-3-15(9-16)10-17/h2-9,18H,11-12H2,1H3. The smallest absolute Gasteiger partial charge is 0.0992 e. The lowest BCUT2D eigenvalue weighted by Crippen LogP contribution is -1.99. The predicted octanol–water partition coefficient (Wildman–Crippen LogP) is 3.32. The maximum Gasteiger partial charge on any atom is 0.0992 e. The number of ether oxygens (including phenoxy) is 1. The number of nitrogens with zero attached hydrogens (tertiary/aromatic N) is 1. The van der Waals surface area contributed by atoms with Crippen molar-refractivity contribution in [3.63, 3.8) is 0 Å². The molecule has 0 aliphatic heterocycles. The molecule has 0 bridgehead atoms. The maximum atomic E-state index is 8.84. The molecule has 0 spiro atoms. The Labute approximate surface area is 113 Å². The number of nitriles is 1. The van der Waals surface area contributed by atoms with Gasteiger partial charge in [0.25, 0.3) is 0 Å². The Morgan fingerprint density at radius 2 is 1.84 bits per heavy atom. The largest absolute Gasteiger partial charge is 0.381 e. The average molecular weight is 252 g/mol. The van der Waals surface area contributed by atoms with E-state index in [1.807, 2.05) is 18.2 Å². The first-order chi connectivity index (χ1) is 9.31. The first kappa shape index (κ1) is 13.1. The van der Waals surface area contributed by atoms with Crippen LogP contribution >= 0.6 is 0 Å². The Morgan fingerprint density at radius 3 is 2.53 bits per heavy atom. The summed E-state index contributed by atoms with van der Waals surface area (Å²) in [5.74, 6) is 0. The van der Waals surface area contributed by atoms with E-state index >= 15 is 0 Å². The number of anilines is 1. The van der Waals surface area contributed by atoms with Gasteiger partial charge in [0.15, 0.2) is 0 Å². The van der Waals surface area contributed by atoms with Gasteiger partial charge in [-0.15, -0.1) is 0 Å². The van der Waals surface area contributed by atoms with E-state index in [1.54, 1.807) is 13.2 Å². The van der Waals surface area contributed by atoms with E-state index in [9.17, 15) is 0 Å². The van der Waals surface area contributed by atoms with Crippen LogP contribution in [0.2, 0.25) is 0 Å². The van der Waals surface area contributed by atoms with Crippen LogP contribution < -0.4 is 5.32 Å². The lowest BCUT2D eigenvalue weighted by Gasteiger charge is -2.07. The van der Waals surface area contributed by atoms with Gasteiger partial charge in [0.05, 0.1) is 18.2 Å². The summed E-state index contributed by atoms with van der Waals surface area (Å²) in [6.45, 7) is 1.38. The minimum Gasteiger partial charge on any atom is -0.381 e. The monoisotopic (exact) mass is 252 g/mol. The quantitative estimate of drug-likeness (QED) is 0.887. The number of benzene rings is 2. The Balaban J connectivity index is 1.96. The van der Waals surface area contributed by atoms with Gasteiger partial charge in [-0.2, -0.15) is 5.26 Å². The van der Waals surface area contributed by atoms with E-state index in [-0.39, 0.29) is 0 Å². The number of rotatable bonds is 5. The molecule has 0 radical (unpaired) electrons. The van der Waals surface area contributed by atoms with Crippen molar-refractivity contribution in [2.45, 2.75) is 13.2 Å². The van der Waals surface area contributed by atoms with Crippen molar-refractivity contribution in [2.24, 2.45) is 0 Å². The fourth-order valence-electron chi connectivity index (χ4n) is 1.82. The zero-order chi connectivity index (χ0) is 13.5. The molecular weight excluding hydrogens is 236 g/mol. The number of nitrogens with one attached hydrogen (secondary N) is 1. The van der Waals surface area contributed by atoms with Crippen LogP contribution in [0.5, 0.6) is 0 Å². The second-order valence-corrected chi connectivity index (χ2v) is 4.30. The third-order valence-corrected chi connectivity index (χ3v) is 2.82. The molecule has 2 rings (SSSR count). The van der Waals surface area contributed by atoms with Crippen LogP contribution in [0.4, 0.5) is 5.69 Å². The van der Waals surface area contributed by atoms with Crippen molar-refractivity contribution in [2.75, 3.05) is 12.4 Å². The molecule has 0 heterocycles. The lowest BCUT2D eigenvalue weighted by molar-refractivity contribution is 0.185. The number of hydrogen-bond acceptors (Lipinski definition) is 3. The summed E-state index contributed by atoms with van der Waals surface area (Å²) in [7, 11) is 1.69. The van der Waals surface area contributed by atoms with E-state index in [1.165, 1.54) is 5.56 Å². The van der Waals surface area contributed by atoms with Crippen molar-refractivity contribution < 1.29 is 4.74 Å². The first-order valence-electron chi connectivity index (χ1n) is 6.12. The van der Waals surface area contributed by atoms with Crippen molar-refractivity contribution in [1.82, 2.24) is 0 Å². The predicted molar refractivity (Wildman–Crippen MR) is 75.6 cm³/mol. The van der Waals surface area contributed by atoms with Crippen molar-refractivity contribution in [3.05, 3.63) is 65.2 Å². The van der Waals surface area contributed by atoms with Gasteiger partial charge in [-0.1, -0.05) is 30.3 Å². The van der Waals surface area contributed by atoms with E-state index in [2.05, 4.69) is 35.7 Å². The molecule has 19 heavy (non-hydrogen) atoms. The lowest BCUT2D eigenvalue weighted by atomic mass is 10.1. The molecule has 0 unspecified atom stereocenters. The van der Waals surface area contributed by atoms with Crippen LogP contribution in [-0.2, 0) is 17.9 Å². The molecular formula is C16H16N2O. The summed E-state index contributed by atoms with van der Waals surface area (Å²) in [5, 5.41) is 12.1. The summed E-state index contributed by atoms with van der Waals surface area (Å²) < 4.78 is 5.08. The normalized spacial score (nSPS) is 9.89. The second kappa shape index (κ2) is 6.58. The Hall–Kier alpha value is -2.31. The third-order valence-electron chi connectivity index (χ3n) is 2.82.